The lowest BCUT2D eigenvalue weighted by Crippen LogP contribution is -1.93. The van der Waals surface area contributed by atoms with Crippen molar-refractivity contribution in [2.75, 3.05) is 0 Å². The van der Waals surface area contributed by atoms with Gasteiger partial charge >= 0.3 is 0 Å². The minimum Gasteiger partial charge on any atom is -0.455 e. The lowest BCUT2D eigenvalue weighted by Gasteiger charge is -2.09. The normalized spacial score (nSPS) is 10.1. The molecule has 2 aromatic rings. The van der Waals surface area contributed by atoms with Crippen molar-refractivity contribution in [2.24, 2.45) is 0 Å². The topological polar surface area (TPSA) is 66.1 Å². The van der Waals surface area contributed by atoms with Gasteiger partial charge in [0.15, 0.2) is 11.4 Å². The fraction of sp³-hybridized carbons (Fsp3) is 0.267. The highest BCUT2D eigenvalue weighted by Crippen LogP contribution is 2.33. The minimum absolute atomic E-state index is 0.217. The molecule has 0 bridgehead atoms. The van der Waals surface area contributed by atoms with Crippen LogP contribution in [0.2, 0.25) is 0 Å². The molecular weight excluding hydrogens is 252 g/mol. The Kier molecular flexibility index (Phi) is 3.72. The standard InChI is InChI=1S/C15H14N4O/c1-9(2)14-15(10(3)18-19-14)20-13-6-11(8-16)5-12(7-13)17-4/h5-7,9H,1-3H3,(H,18,19). The third kappa shape index (κ3) is 2.62. The number of aromatic amines is 1. The van der Waals surface area contributed by atoms with Crippen molar-refractivity contribution in [3.05, 3.63) is 46.6 Å². The van der Waals surface area contributed by atoms with Gasteiger partial charge < -0.3 is 4.74 Å². The smallest absolute Gasteiger partial charge is 0.192 e. The Labute approximate surface area is 117 Å². The second-order valence-corrected chi connectivity index (χ2v) is 4.76. The van der Waals surface area contributed by atoms with E-state index in [4.69, 9.17) is 16.6 Å². The Morgan fingerprint density at radius 2 is 2.15 bits per heavy atom. The van der Waals surface area contributed by atoms with Crippen molar-refractivity contribution in [1.29, 1.82) is 5.26 Å². The molecule has 0 radical (unpaired) electrons. The zero-order valence-corrected chi connectivity index (χ0v) is 11.6. The van der Waals surface area contributed by atoms with Gasteiger partial charge in [0, 0.05) is 11.5 Å². The van der Waals surface area contributed by atoms with Gasteiger partial charge in [-0.15, -0.1) is 0 Å². The molecule has 5 heteroatoms. The summed E-state index contributed by atoms with van der Waals surface area (Å²) in [6.45, 7) is 13.0. The molecule has 1 aromatic carbocycles. The summed E-state index contributed by atoms with van der Waals surface area (Å²) in [7, 11) is 0. The van der Waals surface area contributed by atoms with E-state index in [1.807, 2.05) is 26.8 Å². The molecular formula is C15H14N4O. The summed E-state index contributed by atoms with van der Waals surface area (Å²) in [6.07, 6.45) is 0. The SMILES string of the molecule is [C-]#[N+]c1cc(C#N)cc(Oc2c(C(C)C)n[nH]c2C)c1. The summed E-state index contributed by atoms with van der Waals surface area (Å²) in [5, 5.41) is 16.1. The number of nitrogens with zero attached hydrogens (tertiary/aromatic N) is 3. The molecule has 2 rings (SSSR count). The van der Waals surface area contributed by atoms with Crippen LogP contribution in [0.3, 0.4) is 0 Å². The van der Waals surface area contributed by atoms with E-state index in [0.29, 0.717) is 22.7 Å². The number of H-pyrrole nitrogens is 1. The van der Waals surface area contributed by atoms with Gasteiger partial charge in [0.25, 0.3) is 0 Å². The number of hydrogen-bond donors (Lipinski definition) is 1. The predicted octanol–water partition coefficient (Wildman–Crippen LogP) is 4.06. The van der Waals surface area contributed by atoms with Crippen molar-refractivity contribution in [3.63, 3.8) is 0 Å². The first-order valence-corrected chi connectivity index (χ1v) is 6.20. The van der Waals surface area contributed by atoms with Crippen LogP contribution >= 0.6 is 0 Å². The average Bonchev–Trinajstić information content (AvgIpc) is 2.80. The van der Waals surface area contributed by atoms with E-state index in [1.54, 1.807) is 12.1 Å². The summed E-state index contributed by atoms with van der Waals surface area (Å²) < 4.78 is 5.84. The van der Waals surface area contributed by atoms with Gasteiger partial charge in [-0.2, -0.15) is 10.4 Å². The molecule has 1 aromatic heterocycles. The molecule has 0 amide bonds. The number of nitriles is 1. The molecule has 1 heterocycles. The van der Waals surface area contributed by atoms with Gasteiger partial charge in [0.2, 0.25) is 0 Å². The number of rotatable bonds is 3. The van der Waals surface area contributed by atoms with Gasteiger partial charge in [-0.25, -0.2) is 4.85 Å². The van der Waals surface area contributed by atoms with E-state index >= 15 is 0 Å². The van der Waals surface area contributed by atoms with Crippen LogP contribution < -0.4 is 4.74 Å². The first kappa shape index (κ1) is 13.6. The van der Waals surface area contributed by atoms with Crippen molar-refractivity contribution >= 4 is 5.69 Å². The number of aromatic nitrogens is 2. The molecule has 0 unspecified atom stereocenters. The van der Waals surface area contributed by atoms with Gasteiger partial charge in [-0.1, -0.05) is 13.8 Å². The van der Waals surface area contributed by atoms with E-state index in [2.05, 4.69) is 15.0 Å². The maximum atomic E-state index is 8.98. The second-order valence-electron chi connectivity index (χ2n) is 4.76. The maximum Gasteiger partial charge on any atom is 0.192 e. The average molecular weight is 266 g/mol. The molecule has 100 valence electrons. The molecule has 0 aliphatic carbocycles. The number of aryl methyl sites for hydroxylation is 1. The highest BCUT2D eigenvalue weighted by molar-refractivity contribution is 5.56. The van der Waals surface area contributed by atoms with Crippen molar-refractivity contribution < 1.29 is 4.74 Å². The Bertz CT molecular complexity index is 684. The number of benzene rings is 1. The zero-order chi connectivity index (χ0) is 14.7. The van der Waals surface area contributed by atoms with Gasteiger partial charge in [-0.05, 0) is 25.1 Å². The quantitative estimate of drug-likeness (QED) is 0.852. The molecule has 20 heavy (non-hydrogen) atoms. The number of ether oxygens (including phenoxy) is 1. The Morgan fingerprint density at radius 3 is 2.75 bits per heavy atom. The van der Waals surface area contributed by atoms with Crippen molar-refractivity contribution in [2.45, 2.75) is 26.7 Å². The maximum absolute atomic E-state index is 8.98. The zero-order valence-electron chi connectivity index (χ0n) is 11.6. The van der Waals surface area contributed by atoms with Crippen LogP contribution in [0.1, 0.15) is 36.7 Å². The monoisotopic (exact) mass is 266 g/mol. The summed E-state index contributed by atoms with van der Waals surface area (Å²) in [5.74, 6) is 1.35. The molecule has 1 N–H and O–H groups in total. The van der Waals surface area contributed by atoms with Gasteiger partial charge in [0.1, 0.15) is 11.4 Å². The van der Waals surface area contributed by atoms with Crippen LogP contribution in [-0.2, 0) is 0 Å². The molecule has 0 saturated carbocycles. The minimum atomic E-state index is 0.217. The van der Waals surface area contributed by atoms with Crippen molar-refractivity contribution in [1.82, 2.24) is 10.2 Å². The van der Waals surface area contributed by atoms with Crippen LogP contribution in [0.5, 0.6) is 11.5 Å². The van der Waals surface area contributed by atoms with Crippen LogP contribution in [0.15, 0.2) is 18.2 Å². The number of nitrogens with one attached hydrogen (secondary N) is 1. The highest BCUT2D eigenvalue weighted by Gasteiger charge is 2.16. The fourth-order valence-electron chi connectivity index (χ4n) is 1.85. The first-order chi connectivity index (χ1) is 9.55. The summed E-state index contributed by atoms with van der Waals surface area (Å²) in [6, 6.07) is 6.79. The molecule has 0 fully saturated rings. The Balaban J connectivity index is 2.43. The second kappa shape index (κ2) is 5.46. The van der Waals surface area contributed by atoms with E-state index in [-0.39, 0.29) is 5.92 Å². The summed E-state index contributed by atoms with van der Waals surface area (Å²) >= 11 is 0. The van der Waals surface area contributed by atoms with Crippen molar-refractivity contribution in [3.8, 4) is 17.6 Å². The molecule has 5 nitrogen and oxygen atoms in total. The highest BCUT2D eigenvalue weighted by atomic mass is 16.5. The third-order valence-electron chi connectivity index (χ3n) is 2.83. The van der Waals surface area contributed by atoms with Crippen LogP contribution in [0.4, 0.5) is 5.69 Å². The molecule has 0 saturated heterocycles. The Morgan fingerprint density at radius 1 is 1.40 bits per heavy atom. The van der Waals surface area contributed by atoms with Gasteiger partial charge in [-0.3, -0.25) is 5.10 Å². The lowest BCUT2D eigenvalue weighted by atomic mass is 10.1. The van der Waals surface area contributed by atoms with E-state index in [9.17, 15) is 0 Å². The van der Waals surface area contributed by atoms with Crippen LogP contribution in [-0.4, -0.2) is 10.2 Å². The lowest BCUT2D eigenvalue weighted by molar-refractivity contribution is 0.469. The van der Waals surface area contributed by atoms with E-state index in [0.717, 1.165) is 11.4 Å². The van der Waals surface area contributed by atoms with Gasteiger partial charge in [0.05, 0.1) is 18.3 Å². The predicted molar refractivity (Wildman–Crippen MR) is 74.9 cm³/mol. The summed E-state index contributed by atoms with van der Waals surface area (Å²) in [4.78, 5) is 3.34. The van der Waals surface area contributed by atoms with E-state index < -0.39 is 0 Å². The van der Waals surface area contributed by atoms with Crippen LogP contribution in [0, 0.1) is 24.8 Å². The molecule has 0 atom stereocenters. The largest absolute Gasteiger partial charge is 0.455 e. The molecule has 0 aliphatic heterocycles. The molecule has 0 aliphatic rings. The summed E-state index contributed by atoms with van der Waals surface area (Å²) in [5.41, 5.74) is 2.43. The van der Waals surface area contributed by atoms with Crippen LogP contribution in [0.25, 0.3) is 4.85 Å². The van der Waals surface area contributed by atoms with E-state index in [1.165, 1.54) is 6.07 Å². The number of hydrogen-bond acceptors (Lipinski definition) is 3. The fourth-order valence-corrected chi connectivity index (χ4v) is 1.85. The third-order valence-corrected chi connectivity index (χ3v) is 2.83. The Hall–Kier alpha value is -2.79. The first-order valence-electron chi connectivity index (χ1n) is 6.20. The molecule has 0 spiro atoms.